The van der Waals surface area contributed by atoms with Crippen LogP contribution in [0.4, 0.5) is 0 Å². The fourth-order valence-corrected chi connectivity index (χ4v) is 4.04. The van der Waals surface area contributed by atoms with E-state index < -0.39 is 5.91 Å². The van der Waals surface area contributed by atoms with E-state index in [9.17, 15) is 9.90 Å². The number of amides is 1. The number of nitrogens with two attached hydrogens (primary N) is 1. The smallest absolute Gasteiger partial charge is 0.287 e. The molecule has 4 rings (SSSR count). The summed E-state index contributed by atoms with van der Waals surface area (Å²) in [5.41, 5.74) is 7.94. The number of hydrogen-bond donors (Lipinski definition) is 2. The summed E-state index contributed by atoms with van der Waals surface area (Å²) < 4.78 is 6.85. The Balaban J connectivity index is 1.82. The Morgan fingerprint density at radius 2 is 1.83 bits per heavy atom. The highest BCUT2D eigenvalue weighted by Crippen LogP contribution is 2.39. The van der Waals surface area contributed by atoms with Crippen molar-refractivity contribution in [2.24, 2.45) is 5.73 Å². The van der Waals surface area contributed by atoms with Crippen molar-refractivity contribution in [2.75, 3.05) is 7.11 Å². The Morgan fingerprint density at radius 3 is 2.48 bits per heavy atom. The largest absolute Gasteiger partial charge is 0.508 e. The van der Waals surface area contributed by atoms with E-state index in [1.807, 2.05) is 18.2 Å². The average Bonchev–Trinajstić information content (AvgIpc) is 3.20. The highest BCUT2D eigenvalue weighted by atomic mass is 16.5. The van der Waals surface area contributed by atoms with Crippen molar-refractivity contribution in [3.05, 3.63) is 53.9 Å². The van der Waals surface area contributed by atoms with Gasteiger partial charge in [0.1, 0.15) is 11.5 Å². The van der Waals surface area contributed by atoms with Crippen LogP contribution in [0, 0.1) is 0 Å². The lowest BCUT2D eigenvalue weighted by Crippen LogP contribution is -2.17. The minimum Gasteiger partial charge on any atom is -0.508 e. The van der Waals surface area contributed by atoms with E-state index in [1.165, 1.54) is 19.3 Å². The standard InChI is InChI=1S/C22H24N4O3/c1-29-17-10-8-16(9-11-17)26-21(24-25-22(26)20(23)28)15-7-12-19(27)18(13-15)14-5-3-2-4-6-14/h7-14,27H,2-6H2,1H3,(H2,23,28). The number of phenols is 1. The van der Waals surface area contributed by atoms with Crippen molar-refractivity contribution in [3.8, 4) is 28.6 Å². The molecule has 1 amide bonds. The van der Waals surface area contributed by atoms with E-state index in [0.29, 0.717) is 28.9 Å². The second-order valence-corrected chi connectivity index (χ2v) is 7.35. The Morgan fingerprint density at radius 1 is 1.10 bits per heavy atom. The summed E-state index contributed by atoms with van der Waals surface area (Å²) in [7, 11) is 1.59. The van der Waals surface area contributed by atoms with Crippen LogP contribution in [0.25, 0.3) is 17.1 Å². The van der Waals surface area contributed by atoms with Gasteiger partial charge in [0.15, 0.2) is 5.82 Å². The number of aromatic nitrogens is 3. The first-order valence-corrected chi connectivity index (χ1v) is 9.81. The van der Waals surface area contributed by atoms with Gasteiger partial charge in [-0.2, -0.15) is 0 Å². The summed E-state index contributed by atoms with van der Waals surface area (Å²) in [6.07, 6.45) is 5.71. The van der Waals surface area contributed by atoms with Gasteiger partial charge in [-0.15, -0.1) is 10.2 Å². The van der Waals surface area contributed by atoms with Crippen LogP contribution in [0.2, 0.25) is 0 Å². The van der Waals surface area contributed by atoms with E-state index >= 15 is 0 Å². The SMILES string of the molecule is COc1ccc(-n2c(C(N)=O)nnc2-c2ccc(O)c(C3CCCCC3)c2)cc1. The molecule has 0 aliphatic heterocycles. The first-order valence-electron chi connectivity index (χ1n) is 9.81. The van der Waals surface area contributed by atoms with Crippen molar-refractivity contribution < 1.29 is 14.6 Å². The highest BCUT2D eigenvalue weighted by Gasteiger charge is 2.23. The monoisotopic (exact) mass is 392 g/mol. The number of carbonyl (C=O) groups excluding carboxylic acids is 1. The van der Waals surface area contributed by atoms with E-state index in [-0.39, 0.29) is 5.82 Å². The molecule has 7 nitrogen and oxygen atoms in total. The second-order valence-electron chi connectivity index (χ2n) is 7.35. The van der Waals surface area contributed by atoms with Gasteiger partial charge in [-0.3, -0.25) is 9.36 Å². The number of ether oxygens (including phenoxy) is 1. The van der Waals surface area contributed by atoms with Gasteiger partial charge < -0.3 is 15.6 Å². The second kappa shape index (κ2) is 7.95. The van der Waals surface area contributed by atoms with Gasteiger partial charge in [-0.1, -0.05) is 19.3 Å². The van der Waals surface area contributed by atoms with Gasteiger partial charge in [0, 0.05) is 11.3 Å². The zero-order chi connectivity index (χ0) is 20.4. The number of carbonyl (C=O) groups is 1. The molecule has 0 atom stereocenters. The maximum absolute atomic E-state index is 12.0. The third kappa shape index (κ3) is 3.68. The van der Waals surface area contributed by atoms with Crippen LogP contribution in [-0.2, 0) is 0 Å². The molecule has 1 aliphatic rings. The van der Waals surface area contributed by atoms with Gasteiger partial charge in [-0.25, -0.2) is 0 Å². The van der Waals surface area contributed by atoms with Crippen molar-refractivity contribution in [2.45, 2.75) is 38.0 Å². The van der Waals surface area contributed by atoms with Crippen LogP contribution < -0.4 is 10.5 Å². The van der Waals surface area contributed by atoms with Crippen LogP contribution >= 0.6 is 0 Å². The summed E-state index contributed by atoms with van der Waals surface area (Å²) in [4.78, 5) is 12.0. The fraction of sp³-hybridized carbons (Fsp3) is 0.318. The van der Waals surface area contributed by atoms with Crippen LogP contribution in [0.3, 0.4) is 0 Å². The topological polar surface area (TPSA) is 103 Å². The van der Waals surface area contributed by atoms with Crippen LogP contribution in [0.1, 0.15) is 54.2 Å². The fourth-order valence-electron chi connectivity index (χ4n) is 4.04. The average molecular weight is 392 g/mol. The number of phenolic OH excluding ortho intramolecular Hbond substituents is 1. The molecule has 2 aromatic carbocycles. The molecule has 3 aromatic rings. The van der Waals surface area contributed by atoms with Gasteiger partial charge >= 0.3 is 0 Å². The molecular formula is C22H24N4O3. The van der Waals surface area contributed by atoms with Gasteiger partial charge in [0.05, 0.1) is 7.11 Å². The molecule has 1 heterocycles. The molecule has 1 saturated carbocycles. The molecule has 0 unspecified atom stereocenters. The number of hydrogen-bond acceptors (Lipinski definition) is 5. The molecule has 1 aliphatic carbocycles. The maximum atomic E-state index is 12.0. The normalized spacial score (nSPS) is 14.7. The maximum Gasteiger partial charge on any atom is 0.287 e. The molecule has 0 bridgehead atoms. The first-order chi connectivity index (χ1) is 14.1. The number of rotatable bonds is 5. The molecule has 1 fully saturated rings. The summed E-state index contributed by atoms with van der Waals surface area (Å²) >= 11 is 0. The zero-order valence-electron chi connectivity index (χ0n) is 16.3. The van der Waals surface area contributed by atoms with Crippen molar-refractivity contribution in [1.29, 1.82) is 0 Å². The summed E-state index contributed by atoms with van der Waals surface area (Å²) in [6.45, 7) is 0. The first kappa shape index (κ1) is 19.0. The van der Waals surface area contributed by atoms with Gasteiger partial charge in [0.2, 0.25) is 5.82 Å². The number of benzene rings is 2. The molecule has 0 spiro atoms. The van der Waals surface area contributed by atoms with Crippen LogP contribution in [0.15, 0.2) is 42.5 Å². The zero-order valence-corrected chi connectivity index (χ0v) is 16.3. The molecule has 1 aromatic heterocycles. The summed E-state index contributed by atoms with van der Waals surface area (Å²) in [6, 6.07) is 12.7. The van der Waals surface area contributed by atoms with Crippen LogP contribution in [-0.4, -0.2) is 32.9 Å². The molecule has 0 radical (unpaired) electrons. The molecule has 0 saturated heterocycles. The van der Waals surface area contributed by atoms with Crippen molar-refractivity contribution >= 4 is 5.91 Å². The molecule has 150 valence electrons. The number of methoxy groups -OCH3 is 1. The van der Waals surface area contributed by atoms with Crippen LogP contribution in [0.5, 0.6) is 11.5 Å². The highest BCUT2D eigenvalue weighted by molar-refractivity contribution is 5.90. The molecule has 3 N–H and O–H groups in total. The quantitative estimate of drug-likeness (QED) is 0.687. The van der Waals surface area contributed by atoms with E-state index in [0.717, 1.165) is 24.0 Å². The Hall–Kier alpha value is -3.35. The molecule has 29 heavy (non-hydrogen) atoms. The Kier molecular flexibility index (Phi) is 5.20. The van der Waals surface area contributed by atoms with E-state index in [4.69, 9.17) is 10.5 Å². The number of aromatic hydroxyl groups is 1. The van der Waals surface area contributed by atoms with E-state index in [1.54, 1.807) is 35.9 Å². The lowest BCUT2D eigenvalue weighted by molar-refractivity contribution is 0.0988. The third-order valence-corrected chi connectivity index (χ3v) is 5.54. The van der Waals surface area contributed by atoms with E-state index in [2.05, 4.69) is 10.2 Å². The molecular weight excluding hydrogens is 368 g/mol. The minimum atomic E-state index is -0.661. The third-order valence-electron chi connectivity index (χ3n) is 5.54. The summed E-state index contributed by atoms with van der Waals surface area (Å²) in [5, 5.41) is 18.7. The summed E-state index contributed by atoms with van der Waals surface area (Å²) in [5.74, 6) is 1.22. The number of nitrogens with zero attached hydrogens (tertiary/aromatic N) is 3. The Labute approximate surface area is 169 Å². The molecule has 7 heteroatoms. The van der Waals surface area contributed by atoms with Crippen molar-refractivity contribution in [1.82, 2.24) is 14.8 Å². The lowest BCUT2D eigenvalue weighted by atomic mass is 9.83. The Bertz CT molecular complexity index is 1020. The predicted octanol–water partition coefficient (Wildman–Crippen LogP) is 3.80. The minimum absolute atomic E-state index is 0.0532. The number of primary amides is 1. The van der Waals surface area contributed by atoms with Crippen molar-refractivity contribution in [3.63, 3.8) is 0 Å². The van der Waals surface area contributed by atoms with Gasteiger partial charge in [0.25, 0.3) is 5.91 Å². The van der Waals surface area contributed by atoms with Gasteiger partial charge in [-0.05, 0) is 66.8 Å². The predicted molar refractivity (Wildman–Crippen MR) is 109 cm³/mol. The lowest BCUT2D eigenvalue weighted by Gasteiger charge is -2.23.